The number of benzene rings is 1. The van der Waals surface area contributed by atoms with Gasteiger partial charge in [-0.2, -0.15) is 0 Å². The van der Waals surface area contributed by atoms with Crippen molar-refractivity contribution < 1.29 is 9.84 Å². The molecule has 1 atom stereocenters. The van der Waals surface area contributed by atoms with Crippen LogP contribution in [0, 0.1) is 5.92 Å². The number of aliphatic hydroxyl groups excluding tert-OH is 1. The molecule has 4 heteroatoms. The van der Waals surface area contributed by atoms with Gasteiger partial charge in [-0.25, -0.2) is 0 Å². The number of rotatable bonds is 7. The second-order valence-corrected chi connectivity index (χ2v) is 4.09. The first-order valence-electron chi connectivity index (χ1n) is 6.00. The molecular formula is C13H22N2O2. The summed E-state index contributed by atoms with van der Waals surface area (Å²) < 4.78 is 5.16. The van der Waals surface area contributed by atoms with Crippen LogP contribution in [0.3, 0.4) is 0 Å². The van der Waals surface area contributed by atoms with Crippen LogP contribution in [-0.4, -0.2) is 25.4 Å². The van der Waals surface area contributed by atoms with Gasteiger partial charge in [-0.05, 0) is 24.5 Å². The van der Waals surface area contributed by atoms with Gasteiger partial charge in [-0.1, -0.05) is 19.4 Å². The molecule has 4 N–H and O–H groups in total. The number of methoxy groups -OCH3 is 1. The fraction of sp³-hybridized carbons (Fsp3) is 0.538. The van der Waals surface area contributed by atoms with E-state index >= 15 is 0 Å². The summed E-state index contributed by atoms with van der Waals surface area (Å²) in [5.74, 6) is 1.15. The van der Waals surface area contributed by atoms with Crippen molar-refractivity contribution in [3.8, 4) is 5.75 Å². The van der Waals surface area contributed by atoms with Gasteiger partial charge in [-0.15, -0.1) is 0 Å². The quantitative estimate of drug-likeness (QED) is 0.636. The zero-order valence-electron chi connectivity index (χ0n) is 10.6. The van der Waals surface area contributed by atoms with Crippen molar-refractivity contribution in [1.29, 1.82) is 0 Å². The number of nitrogens with one attached hydrogen (secondary N) is 1. The van der Waals surface area contributed by atoms with Crippen LogP contribution in [0.2, 0.25) is 0 Å². The Morgan fingerprint density at radius 2 is 2.24 bits per heavy atom. The highest BCUT2D eigenvalue weighted by molar-refractivity contribution is 5.72. The lowest BCUT2D eigenvalue weighted by Crippen LogP contribution is -2.15. The molecule has 17 heavy (non-hydrogen) atoms. The van der Waals surface area contributed by atoms with E-state index in [0.717, 1.165) is 25.1 Å². The molecule has 0 spiro atoms. The molecule has 0 saturated carbocycles. The first kappa shape index (κ1) is 13.6. The average Bonchev–Trinajstić information content (AvgIpc) is 2.36. The zero-order chi connectivity index (χ0) is 12.7. The smallest absolute Gasteiger partial charge is 0.143 e. The van der Waals surface area contributed by atoms with Crippen LogP contribution in [0.4, 0.5) is 11.4 Å². The van der Waals surface area contributed by atoms with Crippen LogP contribution in [-0.2, 0) is 0 Å². The van der Waals surface area contributed by atoms with Crippen molar-refractivity contribution in [2.24, 2.45) is 5.92 Å². The minimum absolute atomic E-state index is 0.230. The first-order valence-corrected chi connectivity index (χ1v) is 6.00. The van der Waals surface area contributed by atoms with Crippen molar-refractivity contribution in [2.75, 3.05) is 31.3 Å². The molecule has 1 rings (SSSR count). The average molecular weight is 238 g/mol. The van der Waals surface area contributed by atoms with Crippen molar-refractivity contribution >= 4 is 11.4 Å². The summed E-state index contributed by atoms with van der Waals surface area (Å²) in [4.78, 5) is 0. The minimum atomic E-state index is 0.230. The van der Waals surface area contributed by atoms with Gasteiger partial charge in [0.25, 0.3) is 0 Å². The van der Waals surface area contributed by atoms with Gasteiger partial charge in [0.15, 0.2) is 0 Å². The molecule has 0 saturated heterocycles. The van der Waals surface area contributed by atoms with Crippen LogP contribution in [0.1, 0.15) is 19.8 Å². The van der Waals surface area contributed by atoms with E-state index in [1.54, 1.807) is 7.11 Å². The number of hydrogen-bond acceptors (Lipinski definition) is 4. The zero-order valence-corrected chi connectivity index (χ0v) is 10.6. The standard InChI is InChI=1S/C13H22N2O2/c1-3-10(7-8-16)9-15-11-5-4-6-12(17-2)13(11)14/h4-6,10,15-16H,3,7-9,14H2,1-2H3. The monoisotopic (exact) mass is 238 g/mol. The first-order chi connectivity index (χ1) is 8.22. The predicted molar refractivity (Wildman–Crippen MR) is 71.4 cm³/mol. The van der Waals surface area contributed by atoms with E-state index in [4.69, 9.17) is 15.6 Å². The number of aliphatic hydroxyl groups is 1. The molecule has 1 aromatic carbocycles. The molecule has 4 nitrogen and oxygen atoms in total. The molecule has 0 amide bonds. The molecular weight excluding hydrogens is 216 g/mol. The van der Waals surface area contributed by atoms with Crippen molar-refractivity contribution in [3.05, 3.63) is 18.2 Å². The SMILES string of the molecule is CCC(CCO)CNc1cccc(OC)c1N. The summed E-state index contributed by atoms with van der Waals surface area (Å²) in [5.41, 5.74) is 7.48. The van der Waals surface area contributed by atoms with Gasteiger partial charge < -0.3 is 20.9 Å². The third-order valence-corrected chi connectivity index (χ3v) is 2.98. The Balaban J connectivity index is 2.62. The number of anilines is 2. The van der Waals surface area contributed by atoms with Crippen molar-refractivity contribution in [1.82, 2.24) is 0 Å². The summed E-state index contributed by atoms with van der Waals surface area (Å²) in [6.45, 7) is 3.17. The molecule has 0 fully saturated rings. The molecule has 0 radical (unpaired) electrons. The minimum Gasteiger partial charge on any atom is -0.495 e. The van der Waals surface area contributed by atoms with E-state index in [-0.39, 0.29) is 6.61 Å². The molecule has 0 aromatic heterocycles. The number of nitrogens with two attached hydrogens (primary N) is 1. The molecule has 0 aliphatic rings. The van der Waals surface area contributed by atoms with Crippen molar-refractivity contribution in [2.45, 2.75) is 19.8 Å². The Morgan fingerprint density at radius 1 is 1.47 bits per heavy atom. The van der Waals surface area contributed by atoms with Gasteiger partial charge in [0, 0.05) is 13.2 Å². The highest BCUT2D eigenvalue weighted by Crippen LogP contribution is 2.29. The highest BCUT2D eigenvalue weighted by atomic mass is 16.5. The fourth-order valence-corrected chi connectivity index (χ4v) is 1.76. The van der Waals surface area contributed by atoms with Gasteiger partial charge in [0.2, 0.25) is 0 Å². The van der Waals surface area contributed by atoms with E-state index in [9.17, 15) is 0 Å². The molecule has 1 aromatic rings. The Hall–Kier alpha value is -1.42. The molecule has 1 unspecified atom stereocenters. The molecule has 0 heterocycles. The lowest BCUT2D eigenvalue weighted by molar-refractivity contribution is 0.258. The van der Waals surface area contributed by atoms with Crippen LogP contribution in [0.5, 0.6) is 5.75 Å². The Labute approximate surface area is 103 Å². The number of hydrogen-bond donors (Lipinski definition) is 3. The highest BCUT2D eigenvalue weighted by Gasteiger charge is 2.08. The normalized spacial score (nSPS) is 12.2. The molecule has 0 aliphatic heterocycles. The maximum absolute atomic E-state index is 8.93. The lowest BCUT2D eigenvalue weighted by atomic mass is 10.0. The van der Waals surface area contributed by atoms with Gasteiger partial charge in [0.05, 0.1) is 18.5 Å². The van der Waals surface area contributed by atoms with Gasteiger partial charge in [-0.3, -0.25) is 0 Å². The number of ether oxygens (including phenoxy) is 1. The summed E-state index contributed by atoms with van der Waals surface area (Å²) in [5, 5.41) is 12.2. The van der Waals surface area contributed by atoms with Crippen LogP contribution < -0.4 is 15.8 Å². The Bertz CT molecular complexity index is 342. The second-order valence-electron chi connectivity index (χ2n) is 4.09. The van der Waals surface area contributed by atoms with Gasteiger partial charge >= 0.3 is 0 Å². The molecule has 0 bridgehead atoms. The number of nitrogen functional groups attached to an aromatic ring is 1. The Morgan fingerprint density at radius 3 is 2.82 bits per heavy atom. The summed E-state index contributed by atoms with van der Waals surface area (Å²) >= 11 is 0. The van der Waals surface area contributed by atoms with E-state index in [0.29, 0.717) is 17.4 Å². The predicted octanol–water partition coefficient (Wildman–Crippen LogP) is 2.10. The molecule has 96 valence electrons. The summed E-state index contributed by atoms with van der Waals surface area (Å²) in [6, 6.07) is 5.68. The van der Waals surface area contributed by atoms with E-state index < -0.39 is 0 Å². The maximum atomic E-state index is 8.93. The largest absolute Gasteiger partial charge is 0.495 e. The Kier molecular flexibility index (Phi) is 5.63. The van der Waals surface area contributed by atoms with E-state index in [1.165, 1.54) is 0 Å². The summed E-state index contributed by atoms with van der Waals surface area (Å²) in [7, 11) is 1.61. The van der Waals surface area contributed by atoms with Crippen LogP contribution >= 0.6 is 0 Å². The van der Waals surface area contributed by atoms with Crippen molar-refractivity contribution in [3.63, 3.8) is 0 Å². The maximum Gasteiger partial charge on any atom is 0.143 e. The lowest BCUT2D eigenvalue weighted by Gasteiger charge is -2.17. The third-order valence-electron chi connectivity index (χ3n) is 2.98. The van der Waals surface area contributed by atoms with Crippen LogP contribution in [0.15, 0.2) is 18.2 Å². The number of para-hydroxylation sites is 1. The second kappa shape index (κ2) is 7.01. The summed E-state index contributed by atoms with van der Waals surface area (Å²) in [6.07, 6.45) is 1.85. The third kappa shape index (κ3) is 3.82. The topological polar surface area (TPSA) is 67.5 Å². The fourth-order valence-electron chi connectivity index (χ4n) is 1.76. The van der Waals surface area contributed by atoms with Gasteiger partial charge in [0.1, 0.15) is 5.75 Å². The van der Waals surface area contributed by atoms with E-state index in [2.05, 4.69) is 12.2 Å². The molecule has 0 aliphatic carbocycles. The van der Waals surface area contributed by atoms with Crippen LogP contribution in [0.25, 0.3) is 0 Å². The van der Waals surface area contributed by atoms with E-state index in [1.807, 2.05) is 18.2 Å².